The van der Waals surface area contributed by atoms with Crippen LogP contribution < -0.4 is 10.1 Å². The highest BCUT2D eigenvalue weighted by Gasteiger charge is 2.52. The summed E-state index contributed by atoms with van der Waals surface area (Å²) in [6.45, 7) is 2.04. The van der Waals surface area contributed by atoms with E-state index < -0.39 is 6.04 Å². The maximum atomic E-state index is 12.9. The van der Waals surface area contributed by atoms with E-state index in [1.807, 2.05) is 61.5 Å². The largest absolute Gasteiger partial charge is 0.455 e. The number of carbonyl (C=O) groups is 2. The molecular formula is C20H20N2O3S. The molecule has 2 saturated heterocycles. The Hall–Kier alpha value is -2.47. The van der Waals surface area contributed by atoms with Gasteiger partial charge in [-0.05, 0) is 37.6 Å². The van der Waals surface area contributed by atoms with Gasteiger partial charge in [-0.25, -0.2) is 0 Å². The van der Waals surface area contributed by atoms with Gasteiger partial charge in [-0.15, -0.1) is 11.8 Å². The smallest absolute Gasteiger partial charge is 0.248 e. The molecule has 0 bridgehead atoms. The molecule has 2 aliphatic rings. The van der Waals surface area contributed by atoms with E-state index in [4.69, 9.17) is 4.74 Å². The van der Waals surface area contributed by atoms with Gasteiger partial charge < -0.3 is 15.0 Å². The highest BCUT2D eigenvalue weighted by molar-refractivity contribution is 8.01. The Labute approximate surface area is 156 Å². The molecule has 2 aromatic carbocycles. The molecule has 134 valence electrons. The van der Waals surface area contributed by atoms with Gasteiger partial charge in [0.25, 0.3) is 0 Å². The van der Waals surface area contributed by atoms with Crippen molar-refractivity contribution < 1.29 is 14.3 Å². The maximum absolute atomic E-state index is 12.9. The third kappa shape index (κ3) is 3.05. The van der Waals surface area contributed by atoms with Crippen molar-refractivity contribution in [1.82, 2.24) is 4.90 Å². The number of nitrogens with one attached hydrogen (secondary N) is 1. The first-order chi connectivity index (χ1) is 12.6. The van der Waals surface area contributed by atoms with Crippen LogP contribution in [0.15, 0.2) is 54.6 Å². The summed E-state index contributed by atoms with van der Waals surface area (Å²) in [6, 6.07) is 16.3. The van der Waals surface area contributed by atoms with E-state index in [9.17, 15) is 9.59 Å². The van der Waals surface area contributed by atoms with Crippen LogP contribution in [0, 0.1) is 0 Å². The number of anilines is 1. The summed E-state index contributed by atoms with van der Waals surface area (Å²) in [4.78, 5) is 26.6. The van der Waals surface area contributed by atoms with Crippen molar-refractivity contribution in [3.05, 3.63) is 54.6 Å². The van der Waals surface area contributed by atoms with Crippen molar-refractivity contribution in [3.63, 3.8) is 0 Å². The predicted octanol–water partition coefficient (Wildman–Crippen LogP) is 3.87. The molecule has 2 aliphatic heterocycles. The second-order valence-corrected chi connectivity index (χ2v) is 8.17. The van der Waals surface area contributed by atoms with Crippen molar-refractivity contribution in [2.24, 2.45) is 0 Å². The van der Waals surface area contributed by atoms with Gasteiger partial charge in [0.1, 0.15) is 11.8 Å². The van der Waals surface area contributed by atoms with E-state index in [1.54, 1.807) is 16.7 Å². The average molecular weight is 368 g/mol. The van der Waals surface area contributed by atoms with Gasteiger partial charge in [0.2, 0.25) is 11.8 Å². The summed E-state index contributed by atoms with van der Waals surface area (Å²) in [6.07, 6.45) is 1.31. The number of amides is 2. The molecule has 2 aromatic rings. The van der Waals surface area contributed by atoms with Gasteiger partial charge >= 0.3 is 0 Å². The van der Waals surface area contributed by atoms with Crippen LogP contribution in [-0.2, 0) is 9.59 Å². The Morgan fingerprint density at radius 3 is 2.73 bits per heavy atom. The lowest BCUT2D eigenvalue weighted by molar-refractivity contribution is -0.135. The molecule has 2 heterocycles. The second kappa shape index (κ2) is 6.68. The van der Waals surface area contributed by atoms with Gasteiger partial charge in [0, 0.05) is 12.2 Å². The van der Waals surface area contributed by atoms with E-state index in [0.29, 0.717) is 29.4 Å². The third-order valence-corrected chi connectivity index (χ3v) is 6.37. The predicted molar refractivity (Wildman–Crippen MR) is 102 cm³/mol. The number of nitrogens with zero attached hydrogens (tertiary/aromatic N) is 1. The van der Waals surface area contributed by atoms with E-state index in [1.165, 1.54) is 0 Å². The van der Waals surface area contributed by atoms with Crippen LogP contribution in [0.2, 0.25) is 0 Å². The van der Waals surface area contributed by atoms with Crippen molar-refractivity contribution in [1.29, 1.82) is 0 Å². The molecule has 5 nitrogen and oxygen atoms in total. The number of hydrogen-bond acceptors (Lipinski definition) is 4. The number of hydrogen-bond donors (Lipinski definition) is 1. The lowest BCUT2D eigenvalue weighted by atomic mass is 10.2. The minimum atomic E-state index is -0.440. The third-order valence-electron chi connectivity index (χ3n) is 4.86. The van der Waals surface area contributed by atoms with Crippen LogP contribution in [0.3, 0.4) is 0 Å². The van der Waals surface area contributed by atoms with Gasteiger partial charge in [0.15, 0.2) is 5.75 Å². The molecular weight excluding hydrogens is 348 g/mol. The summed E-state index contributed by atoms with van der Waals surface area (Å²) in [5.74, 6) is 1.80. The highest BCUT2D eigenvalue weighted by Crippen LogP contribution is 2.47. The molecule has 1 N–H and O–H groups in total. The first-order valence-electron chi connectivity index (χ1n) is 8.66. The minimum Gasteiger partial charge on any atom is -0.455 e. The zero-order chi connectivity index (χ0) is 18.1. The number of ether oxygens (including phenoxy) is 1. The monoisotopic (exact) mass is 368 g/mol. The Balaban J connectivity index is 1.53. The summed E-state index contributed by atoms with van der Waals surface area (Å²) < 4.78 is 5.90. The fraction of sp³-hybridized carbons (Fsp3) is 0.300. The average Bonchev–Trinajstić information content (AvgIpc) is 3.14. The standard InChI is InChI=1S/C20H20N2O3S/c1-20-12-11-18(23)22(20)16(13-26-20)19(24)21-15-9-5-6-10-17(15)25-14-7-3-2-4-8-14/h2-10,16H,11-13H2,1H3,(H,21,24)/t16-,20+/m1/s1. The van der Waals surface area contributed by atoms with Crippen LogP contribution in [0.1, 0.15) is 19.8 Å². The van der Waals surface area contributed by atoms with Crippen LogP contribution in [-0.4, -0.2) is 33.4 Å². The van der Waals surface area contributed by atoms with Crippen molar-refractivity contribution in [2.45, 2.75) is 30.7 Å². The Kier molecular flexibility index (Phi) is 4.36. The maximum Gasteiger partial charge on any atom is 0.248 e. The number of thioether (sulfide) groups is 1. The molecule has 4 rings (SSSR count). The van der Waals surface area contributed by atoms with Crippen LogP contribution >= 0.6 is 11.8 Å². The summed E-state index contributed by atoms with van der Waals surface area (Å²) in [7, 11) is 0. The molecule has 0 aromatic heterocycles. The molecule has 0 unspecified atom stereocenters. The first-order valence-corrected chi connectivity index (χ1v) is 9.64. The Morgan fingerprint density at radius 1 is 1.19 bits per heavy atom. The van der Waals surface area contributed by atoms with Gasteiger partial charge in [-0.1, -0.05) is 30.3 Å². The first kappa shape index (κ1) is 17.0. The zero-order valence-corrected chi connectivity index (χ0v) is 15.3. The highest BCUT2D eigenvalue weighted by atomic mass is 32.2. The Morgan fingerprint density at radius 2 is 1.92 bits per heavy atom. The molecule has 6 heteroatoms. The number of rotatable bonds is 4. The number of fused-ring (bicyclic) bond motifs is 1. The second-order valence-electron chi connectivity index (χ2n) is 6.67. The van der Waals surface area contributed by atoms with Gasteiger partial charge in [-0.2, -0.15) is 0 Å². The van der Waals surface area contributed by atoms with E-state index in [0.717, 1.165) is 6.42 Å². The topological polar surface area (TPSA) is 58.6 Å². The Bertz CT molecular complexity index is 842. The quantitative estimate of drug-likeness (QED) is 0.890. The van der Waals surface area contributed by atoms with Crippen molar-refractivity contribution in [2.75, 3.05) is 11.1 Å². The van der Waals surface area contributed by atoms with Crippen LogP contribution in [0.25, 0.3) is 0 Å². The molecule has 26 heavy (non-hydrogen) atoms. The van der Waals surface area contributed by atoms with E-state index >= 15 is 0 Å². The fourth-order valence-corrected chi connectivity index (χ4v) is 4.94. The molecule has 0 saturated carbocycles. The van der Waals surface area contributed by atoms with E-state index in [2.05, 4.69) is 5.32 Å². The molecule has 0 aliphatic carbocycles. The summed E-state index contributed by atoms with van der Waals surface area (Å²) >= 11 is 1.69. The van der Waals surface area contributed by atoms with Crippen LogP contribution in [0.5, 0.6) is 11.5 Å². The molecule has 2 atom stereocenters. The van der Waals surface area contributed by atoms with E-state index in [-0.39, 0.29) is 16.7 Å². The van der Waals surface area contributed by atoms with Gasteiger partial charge in [0.05, 0.1) is 10.6 Å². The molecule has 2 amide bonds. The summed E-state index contributed by atoms with van der Waals surface area (Å²) in [5.41, 5.74) is 0.603. The molecule has 0 spiro atoms. The van der Waals surface area contributed by atoms with Crippen molar-refractivity contribution in [3.8, 4) is 11.5 Å². The molecule has 2 fully saturated rings. The zero-order valence-electron chi connectivity index (χ0n) is 14.5. The number of carbonyl (C=O) groups excluding carboxylic acids is 2. The van der Waals surface area contributed by atoms with Crippen molar-refractivity contribution >= 4 is 29.3 Å². The fourth-order valence-electron chi connectivity index (χ4n) is 3.51. The van der Waals surface area contributed by atoms with Gasteiger partial charge in [-0.3, -0.25) is 9.59 Å². The lowest BCUT2D eigenvalue weighted by Crippen LogP contribution is -2.48. The SMILES string of the molecule is C[C@]12CCC(=O)N1[C@@H](C(=O)Nc1ccccc1Oc1ccccc1)CS2. The number of benzene rings is 2. The molecule has 0 radical (unpaired) electrons. The minimum absolute atomic E-state index is 0.0615. The lowest BCUT2D eigenvalue weighted by Gasteiger charge is -2.30. The summed E-state index contributed by atoms with van der Waals surface area (Å²) in [5, 5.41) is 2.95. The number of para-hydroxylation sites is 3. The van der Waals surface area contributed by atoms with Crippen LogP contribution in [0.4, 0.5) is 5.69 Å². The normalized spacial score (nSPS) is 24.4.